The number of ether oxygens (including phenoxy) is 2. The first kappa shape index (κ1) is 18.3. The molecule has 0 aromatic heterocycles. The van der Waals surface area contributed by atoms with E-state index in [-0.39, 0.29) is 11.3 Å². The molecule has 0 bridgehead atoms. The number of carbonyl (C=O) groups is 1. The van der Waals surface area contributed by atoms with Crippen molar-refractivity contribution in [3.63, 3.8) is 0 Å². The molecule has 0 aliphatic heterocycles. The minimum absolute atomic E-state index is 0.0914. The van der Waals surface area contributed by atoms with Crippen molar-refractivity contribution in [2.75, 3.05) is 13.7 Å². The molecule has 0 fully saturated rings. The summed E-state index contributed by atoms with van der Waals surface area (Å²) in [7, 11) is 1.59. The summed E-state index contributed by atoms with van der Waals surface area (Å²) in [6.07, 6.45) is 3.50. The summed E-state index contributed by atoms with van der Waals surface area (Å²) >= 11 is 0. The standard InChI is InChI=1S/C19H22N2O4/c1-3-4-11-25-18-12-14(9-10-17(18)24-2)13-20-21-19(23)15-7-5-6-8-16(15)22/h5-10,12-13,22H,3-4,11H2,1-2H3,(H,21,23)/b20-13-. The Morgan fingerprint density at radius 3 is 2.76 bits per heavy atom. The zero-order valence-electron chi connectivity index (χ0n) is 14.4. The lowest BCUT2D eigenvalue weighted by Gasteiger charge is -2.10. The smallest absolute Gasteiger partial charge is 0.275 e. The zero-order valence-corrected chi connectivity index (χ0v) is 14.4. The number of rotatable bonds is 8. The number of aromatic hydroxyl groups is 1. The van der Waals surface area contributed by atoms with Crippen LogP contribution in [-0.4, -0.2) is 30.9 Å². The van der Waals surface area contributed by atoms with Gasteiger partial charge in [0, 0.05) is 0 Å². The molecule has 25 heavy (non-hydrogen) atoms. The van der Waals surface area contributed by atoms with Crippen LogP contribution in [0, 0.1) is 0 Å². The lowest BCUT2D eigenvalue weighted by Crippen LogP contribution is -2.17. The van der Waals surface area contributed by atoms with Crippen LogP contribution in [0.1, 0.15) is 35.7 Å². The second-order valence-corrected chi connectivity index (χ2v) is 5.33. The van der Waals surface area contributed by atoms with E-state index in [2.05, 4.69) is 17.5 Å². The number of para-hydroxylation sites is 1. The van der Waals surface area contributed by atoms with Gasteiger partial charge in [-0.2, -0.15) is 5.10 Å². The quantitative estimate of drug-likeness (QED) is 0.438. The van der Waals surface area contributed by atoms with Crippen LogP contribution in [0.3, 0.4) is 0 Å². The molecule has 2 N–H and O–H groups in total. The fraction of sp³-hybridized carbons (Fsp3) is 0.263. The number of amides is 1. The molecule has 0 saturated carbocycles. The first-order valence-corrected chi connectivity index (χ1v) is 8.08. The van der Waals surface area contributed by atoms with Crippen LogP contribution >= 0.6 is 0 Å². The predicted octanol–water partition coefficient (Wildman–Crippen LogP) is 3.34. The minimum atomic E-state index is -0.484. The lowest BCUT2D eigenvalue weighted by atomic mass is 10.2. The lowest BCUT2D eigenvalue weighted by molar-refractivity contribution is 0.0952. The first-order chi connectivity index (χ1) is 12.2. The molecule has 2 rings (SSSR count). The molecule has 0 saturated heterocycles. The SMILES string of the molecule is CCCCOc1cc(/C=N\NC(=O)c2ccccc2O)ccc1OC. The van der Waals surface area contributed by atoms with E-state index in [0.717, 1.165) is 18.4 Å². The maximum atomic E-state index is 12.0. The Labute approximate surface area is 147 Å². The second-order valence-electron chi connectivity index (χ2n) is 5.33. The van der Waals surface area contributed by atoms with Gasteiger partial charge in [-0.05, 0) is 42.3 Å². The molecule has 0 aliphatic rings. The van der Waals surface area contributed by atoms with Gasteiger partial charge in [0.2, 0.25) is 0 Å². The number of hydrazone groups is 1. The third-order valence-corrected chi connectivity index (χ3v) is 3.47. The average Bonchev–Trinajstić information content (AvgIpc) is 2.62. The molecule has 0 spiro atoms. The molecule has 6 nitrogen and oxygen atoms in total. The number of unbranched alkanes of at least 4 members (excludes halogenated alkanes) is 1. The highest BCUT2D eigenvalue weighted by atomic mass is 16.5. The van der Waals surface area contributed by atoms with Crippen molar-refractivity contribution in [2.45, 2.75) is 19.8 Å². The van der Waals surface area contributed by atoms with Crippen molar-refractivity contribution in [1.82, 2.24) is 5.43 Å². The van der Waals surface area contributed by atoms with Crippen molar-refractivity contribution in [2.24, 2.45) is 5.10 Å². The van der Waals surface area contributed by atoms with E-state index >= 15 is 0 Å². The summed E-state index contributed by atoms with van der Waals surface area (Å²) in [6, 6.07) is 11.7. The summed E-state index contributed by atoms with van der Waals surface area (Å²) in [5.74, 6) is 0.701. The molecule has 2 aromatic rings. The molecular weight excluding hydrogens is 320 g/mol. The fourth-order valence-electron chi connectivity index (χ4n) is 2.10. The molecule has 132 valence electrons. The maximum Gasteiger partial charge on any atom is 0.275 e. The van der Waals surface area contributed by atoms with Gasteiger partial charge in [-0.3, -0.25) is 4.79 Å². The van der Waals surface area contributed by atoms with Gasteiger partial charge < -0.3 is 14.6 Å². The largest absolute Gasteiger partial charge is 0.507 e. The highest BCUT2D eigenvalue weighted by molar-refractivity contribution is 5.97. The van der Waals surface area contributed by atoms with Crippen molar-refractivity contribution in [3.05, 3.63) is 53.6 Å². The number of hydrogen-bond donors (Lipinski definition) is 2. The van der Waals surface area contributed by atoms with Gasteiger partial charge in [-0.1, -0.05) is 25.5 Å². The van der Waals surface area contributed by atoms with Crippen molar-refractivity contribution >= 4 is 12.1 Å². The Morgan fingerprint density at radius 1 is 1.24 bits per heavy atom. The molecule has 1 amide bonds. The second kappa shape index (κ2) is 9.32. The van der Waals surface area contributed by atoms with Crippen molar-refractivity contribution in [1.29, 1.82) is 0 Å². The Hall–Kier alpha value is -3.02. The number of benzene rings is 2. The van der Waals surface area contributed by atoms with Gasteiger partial charge in [0.1, 0.15) is 5.75 Å². The molecule has 0 atom stereocenters. The van der Waals surface area contributed by atoms with Crippen LogP contribution in [0.5, 0.6) is 17.2 Å². The molecular formula is C19H22N2O4. The number of hydrogen-bond acceptors (Lipinski definition) is 5. The van der Waals surface area contributed by atoms with E-state index in [4.69, 9.17) is 9.47 Å². The monoisotopic (exact) mass is 342 g/mol. The van der Waals surface area contributed by atoms with Crippen molar-refractivity contribution < 1.29 is 19.4 Å². The third kappa shape index (κ3) is 5.24. The van der Waals surface area contributed by atoms with E-state index < -0.39 is 5.91 Å². The number of methoxy groups -OCH3 is 1. The summed E-state index contributed by atoms with van der Waals surface area (Å²) in [6.45, 7) is 2.70. The van der Waals surface area contributed by atoms with Crippen LogP contribution in [0.15, 0.2) is 47.6 Å². The summed E-state index contributed by atoms with van der Waals surface area (Å²) in [5, 5.41) is 13.6. The summed E-state index contributed by atoms with van der Waals surface area (Å²) in [5.41, 5.74) is 3.31. The van der Waals surface area contributed by atoms with Crippen LogP contribution in [0.4, 0.5) is 0 Å². The van der Waals surface area contributed by atoms with E-state index in [1.54, 1.807) is 37.4 Å². The number of phenolic OH excluding ortho intramolecular Hbond substituents is 1. The summed E-state index contributed by atoms with van der Waals surface area (Å²) < 4.78 is 11.0. The topological polar surface area (TPSA) is 80.2 Å². The highest BCUT2D eigenvalue weighted by Gasteiger charge is 2.09. The summed E-state index contributed by atoms with van der Waals surface area (Å²) in [4.78, 5) is 12.0. The Balaban J connectivity index is 2.04. The zero-order chi connectivity index (χ0) is 18.1. The Bertz CT molecular complexity index is 744. The minimum Gasteiger partial charge on any atom is -0.507 e. The van der Waals surface area contributed by atoms with Gasteiger partial charge >= 0.3 is 0 Å². The molecule has 2 aromatic carbocycles. The highest BCUT2D eigenvalue weighted by Crippen LogP contribution is 2.27. The number of phenols is 1. The van der Waals surface area contributed by atoms with Gasteiger partial charge in [0.15, 0.2) is 11.5 Å². The first-order valence-electron chi connectivity index (χ1n) is 8.08. The van der Waals surface area contributed by atoms with Gasteiger partial charge in [0.05, 0.1) is 25.5 Å². The third-order valence-electron chi connectivity index (χ3n) is 3.47. The molecule has 0 radical (unpaired) electrons. The molecule has 0 heterocycles. The number of nitrogens with zero attached hydrogens (tertiary/aromatic N) is 1. The molecule has 0 unspecified atom stereocenters. The van der Waals surface area contributed by atoms with Gasteiger partial charge in [-0.25, -0.2) is 5.43 Å². The van der Waals surface area contributed by atoms with Crippen molar-refractivity contribution in [3.8, 4) is 17.2 Å². The Morgan fingerprint density at radius 2 is 2.04 bits per heavy atom. The molecule has 6 heteroatoms. The van der Waals surface area contributed by atoms with Crippen LogP contribution < -0.4 is 14.9 Å². The van der Waals surface area contributed by atoms with E-state index in [0.29, 0.717) is 18.1 Å². The van der Waals surface area contributed by atoms with E-state index in [1.165, 1.54) is 18.3 Å². The number of carbonyl (C=O) groups excluding carboxylic acids is 1. The maximum absolute atomic E-state index is 12.0. The number of nitrogens with one attached hydrogen (secondary N) is 1. The fourth-order valence-corrected chi connectivity index (χ4v) is 2.10. The van der Waals surface area contributed by atoms with E-state index in [1.807, 2.05) is 0 Å². The van der Waals surface area contributed by atoms with E-state index in [9.17, 15) is 9.90 Å². The van der Waals surface area contributed by atoms with Gasteiger partial charge in [0.25, 0.3) is 5.91 Å². The Kier molecular flexibility index (Phi) is 6.83. The predicted molar refractivity (Wildman–Crippen MR) is 96.6 cm³/mol. The van der Waals surface area contributed by atoms with Crippen LogP contribution in [0.2, 0.25) is 0 Å². The van der Waals surface area contributed by atoms with Crippen LogP contribution in [-0.2, 0) is 0 Å². The van der Waals surface area contributed by atoms with Gasteiger partial charge in [-0.15, -0.1) is 0 Å². The normalized spacial score (nSPS) is 10.6. The molecule has 0 aliphatic carbocycles. The van der Waals surface area contributed by atoms with Crippen LogP contribution in [0.25, 0.3) is 0 Å². The average molecular weight is 342 g/mol.